The quantitative estimate of drug-likeness (QED) is 0.515. The Morgan fingerprint density at radius 3 is 2.28 bits per heavy atom. The second-order valence-electron chi connectivity index (χ2n) is 13.4. The minimum Gasteiger partial charge on any atom is -0.469 e. The van der Waals surface area contributed by atoms with E-state index in [1.807, 2.05) is 0 Å². The van der Waals surface area contributed by atoms with Gasteiger partial charge >= 0.3 is 11.9 Å². The van der Waals surface area contributed by atoms with Crippen molar-refractivity contribution in [3.8, 4) is 0 Å². The third-order valence-electron chi connectivity index (χ3n) is 11.8. The summed E-state index contributed by atoms with van der Waals surface area (Å²) in [5, 5.41) is 4.23. The number of rotatable bonds is 5. The molecule has 0 aromatic rings. The molecule has 0 spiro atoms. The van der Waals surface area contributed by atoms with Crippen LogP contribution in [0.5, 0.6) is 0 Å². The van der Waals surface area contributed by atoms with Crippen LogP contribution in [0.15, 0.2) is 0 Å². The Bertz CT molecular complexity index is 826. The summed E-state index contributed by atoms with van der Waals surface area (Å²) < 4.78 is 17.1. The van der Waals surface area contributed by atoms with Crippen molar-refractivity contribution in [1.29, 1.82) is 0 Å². The van der Waals surface area contributed by atoms with Crippen molar-refractivity contribution in [2.24, 2.45) is 40.4 Å². The maximum Gasteiger partial charge on any atom is 0.309 e. The van der Waals surface area contributed by atoms with Gasteiger partial charge < -0.3 is 19.5 Å². The van der Waals surface area contributed by atoms with Crippen LogP contribution in [0.25, 0.3) is 0 Å². The summed E-state index contributed by atoms with van der Waals surface area (Å²) in [7, 11) is 3.33. The van der Waals surface area contributed by atoms with E-state index in [9.17, 15) is 9.59 Å². The highest BCUT2D eigenvalue weighted by molar-refractivity contribution is 5.74. The minimum atomic E-state index is -0.204. The van der Waals surface area contributed by atoms with Gasteiger partial charge in [0.15, 0.2) is 0 Å². The van der Waals surface area contributed by atoms with Crippen LogP contribution in [0.4, 0.5) is 0 Å². The fourth-order valence-corrected chi connectivity index (χ4v) is 10.3. The van der Waals surface area contributed by atoms with Gasteiger partial charge in [-0.15, -0.1) is 0 Å². The van der Waals surface area contributed by atoms with E-state index in [0.29, 0.717) is 35.8 Å². The third kappa shape index (κ3) is 4.42. The molecule has 5 unspecified atom stereocenters. The van der Waals surface area contributed by atoms with Crippen LogP contribution in [-0.2, 0) is 23.8 Å². The molecular formula is C30H49NO5. The lowest BCUT2D eigenvalue weighted by molar-refractivity contribution is -0.193. The van der Waals surface area contributed by atoms with Crippen LogP contribution in [0.1, 0.15) is 97.8 Å². The van der Waals surface area contributed by atoms with E-state index in [-0.39, 0.29) is 40.9 Å². The van der Waals surface area contributed by atoms with Crippen molar-refractivity contribution in [3.05, 3.63) is 0 Å². The molecule has 0 saturated heterocycles. The summed E-state index contributed by atoms with van der Waals surface area (Å²) >= 11 is 0. The first-order valence-electron chi connectivity index (χ1n) is 14.7. The van der Waals surface area contributed by atoms with E-state index in [2.05, 4.69) is 19.2 Å². The highest BCUT2D eigenvalue weighted by Gasteiger charge is 2.65. The van der Waals surface area contributed by atoms with Crippen molar-refractivity contribution >= 4 is 11.9 Å². The molecule has 1 N–H and O–H groups in total. The van der Waals surface area contributed by atoms with Crippen LogP contribution >= 0.6 is 0 Å². The Balaban J connectivity index is 1.48. The molecule has 6 nitrogen and oxygen atoms in total. The summed E-state index contributed by atoms with van der Waals surface area (Å²) in [5.41, 5.74) is 0.136. The number of nitrogens with one attached hydrogen (secondary N) is 1. The molecule has 0 aromatic carbocycles. The Labute approximate surface area is 218 Å². The molecule has 6 heteroatoms. The predicted molar refractivity (Wildman–Crippen MR) is 138 cm³/mol. The number of methoxy groups -OCH3 is 2. The average molecular weight is 504 g/mol. The van der Waals surface area contributed by atoms with Crippen molar-refractivity contribution in [2.75, 3.05) is 14.2 Å². The monoisotopic (exact) mass is 503 g/mol. The van der Waals surface area contributed by atoms with Crippen LogP contribution in [-0.4, -0.2) is 50.4 Å². The Hall–Kier alpha value is -1.14. The van der Waals surface area contributed by atoms with Gasteiger partial charge in [0.2, 0.25) is 0 Å². The molecule has 5 aliphatic rings. The molecule has 10 atom stereocenters. The maximum absolute atomic E-state index is 12.9. The number of carbonyl (C=O) groups excluding carboxylic acids is 2. The average Bonchev–Trinajstić information content (AvgIpc) is 3.20. The Morgan fingerprint density at radius 2 is 1.61 bits per heavy atom. The molecule has 0 heterocycles. The summed E-state index contributed by atoms with van der Waals surface area (Å²) in [6.45, 7) is 6.44. The van der Waals surface area contributed by atoms with Crippen LogP contribution < -0.4 is 5.32 Å². The number of carbonyl (C=O) groups is 2. The van der Waals surface area contributed by atoms with Gasteiger partial charge in [0, 0.05) is 26.1 Å². The molecular weight excluding hydrogens is 454 g/mol. The number of ether oxygens (including phenoxy) is 3. The van der Waals surface area contributed by atoms with Crippen molar-refractivity contribution < 1.29 is 23.8 Å². The van der Waals surface area contributed by atoms with Crippen molar-refractivity contribution in [3.63, 3.8) is 0 Å². The minimum absolute atomic E-state index is 0.000604. The SMILES string of the molecule is COC(=O)C1CC[C@H]2[C@@H]3CCC4CC(OC(C)=O)C(OC)C[C@]4(C)[C@@H]3C(NC3CCCCC3)C[C@]12C. The third-order valence-corrected chi connectivity index (χ3v) is 11.8. The highest BCUT2D eigenvalue weighted by atomic mass is 16.6. The molecule has 204 valence electrons. The fraction of sp³-hybridized carbons (Fsp3) is 0.933. The van der Waals surface area contributed by atoms with E-state index >= 15 is 0 Å². The Morgan fingerprint density at radius 1 is 0.861 bits per heavy atom. The molecule has 0 amide bonds. The molecule has 5 fully saturated rings. The maximum atomic E-state index is 12.9. The van der Waals surface area contributed by atoms with Gasteiger partial charge in [-0.05, 0) is 92.3 Å². The number of fused-ring (bicyclic) bond motifs is 5. The molecule has 5 aliphatic carbocycles. The van der Waals surface area contributed by atoms with Crippen LogP contribution in [0.3, 0.4) is 0 Å². The Kier molecular flexibility index (Phi) is 7.50. The summed E-state index contributed by atoms with van der Waals surface area (Å²) in [4.78, 5) is 24.8. The largest absolute Gasteiger partial charge is 0.469 e. The molecule has 5 saturated carbocycles. The van der Waals surface area contributed by atoms with E-state index in [1.165, 1.54) is 51.9 Å². The molecule has 0 radical (unpaired) electrons. The normalized spacial score (nSPS) is 46.8. The van der Waals surface area contributed by atoms with Crippen molar-refractivity contribution in [2.45, 2.75) is 122 Å². The lowest BCUT2D eigenvalue weighted by atomic mass is 9.43. The second kappa shape index (κ2) is 10.2. The van der Waals surface area contributed by atoms with Crippen molar-refractivity contribution in [1.82, 2.24) is 5.32 Å². The lowest BCUT2D eigenvalue weighted by Crippen LogP contribution is -2.65. The van der Waals surface area contributed by atoms with E-state index in [4.69, 9.17) is 14.2 Å². The predicted octanol–water partition coefficient (Wildman–Crippen LogP) is 5.28. The lowest BCUT2D eigenvalue weighted by Gasteiger charge is -2.64. The van der Waals surface area contributed by atoms with E-state index in [1.54, 1.807) is 14.2 Å². The highest BCUT2D eigenvalue weighted by Crippen LogP contribution is 2.67. The molecule has 0 aromatic heterocycles. The number of hydrogen-bond donors (Lipinski definition) is 1. The standard InChI is InChI=1S/C30H49NO5/c1-18(32)36-25-15-19-11-12-21-22-13-14-23(28(33)35-5)30(22,3)16-24(31-20-9-7-6-8-10-20)27(21)29(19,2)17-26(25)34-4/h19-27,31H,6-17H2,1-5H3/t19?,21-,22-,23?,24?,25?,26?,27-,29-,30-/m0/s1. The van der Waals surface area contributed by atoms with Gasteiger partial charge in [-0.1, -0.05) is 33.1 Å². The molecule has 5 rings (SSSR count). The summed E-state index contributed by atoms with van der Waals surface area (Å²) in [6, 6.07) is 0.988. The van der Waals surface area contributed by atoms with Crippen LogP contribution in [0, 0.1) is 40.4 Å². The zero-order chi connectivity index (χ0) is 25.7. The van der Waals surface area contributed by atoms with Gasteiger partial charge in [-0.3, -0.25) is 9.59 Å². The van der Waals surface area contributed by atoms with Crippen LogP contribution in [0.2, 0.25) is 0 Å². The zero-order valence-corrected chi connectivity index (χ0v) is 23.2. The number of hydrogen-bond acceptors (Lipinski definition) is 6. The van der Waals surface area contributed by atoms with E-state index in [0.717, 1.165) is 32.1 Å². The van der Waals surface area contributed by atoms with Gasteiger partial charge in [0.1, 0.15) is 6.10 Å². The first kappa shape index (κ1) is 26.5. The van der Waals surface area contributed by atoms with Gasteiger partial charge in [0.25, 0.3) is 0 Å². The molecule has 0 aliphatic heterocycles. The zero-order valence-electron chi connectivity index (χ0n) is 23.2. The number of esters is 2. The van der Waals surface area contributed by atoms with Gasteiger partial charge in [0.05, 0.1) is 19.1 Å². The molecule has 0 bridgehead atoms. The second-order valence-corrected chi connectivity index (χ2v) is 13.4. The summed E-state index contributed by atoms with van der Waals surface area (Å²) in [5.74, 6) is 2.09. The molecule has 36 heavy (non-hydrogen) atoms. The van der Waals surface area contributed by atoms with E-state index < -0.39 is 0 Å². The first-order chi connectivity index (χ1) is 17.2. The van der Waals surface area contributed by atoms with Gasteiger partial charge in [-0.2, -0.15) is 0 Å². The topological polar surface area (TPSA) is 73.9 Å². The summed E-state index contributed by atoms with van der Waals surface area (Å²) in [6.07, 6.45) is 13.7. The van der Waals surface area contributed by atoms with Gasteiger partial charge in [-0.25, -0.2) is 0 Å². The first-order valence-corrected chi connectivity index (χ1v) is 14.7. The smallest absolute Gasteiger partial charge is 0.309 e. The fourth-order valence-electron chi connectivity index (χ4n) is 10.3.